The molecule has 0 radical (unpaired) electrons. The second-order valence-corrected chi connectivity index (χ2v) is 7.17. The minimum absolute atomic E-state index is 0.139. The smallest absolute Gasteiger partial charge is 0.258 e. The summed E-state index contributed by atoms with van der Waals surface area (Å²) in [5, 5.41) is 15.6. The summed E-state index contributed by atoms with van der Waals surface area (Å²) in [4.78, 5) is 12.1. The Morgan fingerprint density at radius 2 is 1.60 bits per heavy atom. The van der Waals surface area contributed by atoms with Crippen LogP contribution in [0.3, 0.4) is 0 Å². The number of hydrogen-bond donors (Lipinski definition) is 1. The lowest BCUT2D eigenvalue weighted by Crippen LogP contribution is -2.32. The standard InChI is InChI=1S/C24H25N5O6/c1-31-17-6-4-5-7-19(17)35-15-22(30)25-12-13-34-23-11-10-21-26-27-24(29(21)28-23)16-8-9-18(32-2)20(14-16)33-3/h4-11,14H,12-13,15H2,1-3H3,(H,25,30). The first-order valence-electron chi connectivity index (χ1n) is 10.7. The number of rotatable bonds is 11. The Labute approximate surface area is 201 Å². The maximum atomic E-state index is 12.1. The molecule has 0 atom stereocenters. The van der Waals surface area contributed by atoms with Crippen LogP contribution in [0.5, 0.6) is 28.9 Å². The van der Waals surface area contributed by atoms with Gasteiger partial charge in [-0.05, 0) is 36.4 Å². The van der Waals surface area contributed by atoms with Crippen LogP contribution in [0, 0.1) is 0 Å². The van der Waals surface area contributed by atoms with Gasteiger partial charge >= 0.3 is 0 Å². The highest BCUT2D eigenvalue weighted by molar-refractivity contribution is 5.77. The molecule has 4 aromatic rings. The van der Waals surface area contributed by atoms with Crippen LogP contribution in [0.1, 0.15) is 0 Å². The molecule has 2 aromatic heterocycles. The van der Waals surface area contributed by atoms with E-state index in [1.165, 1.54) is 0 Å². The summed E-state index contributed by atoms with van der Waals surface area (Å²) in [6.07, 6.45) is 0. The van der Waals surface area contributed by atoms with Crippen molar-refractivity contribution in [1.82, 2.24) is 25.1 Å². The van der Waals surface area contributed by atoms with E-state index in [1.54, 1.807) is 68.3 Å². The van der Waals surface area contributed by atoms with Gasteiger partial charge in [-0.3, -0.25) is 4.79 Å². The zero-order chi connectivity index (χ0) is 24.6. The van der Waals surface area contributed by atoms with E-state index in [4.69, 9.17) is 23.7 Å². The van der Waals surface area contributed by atoms with Crippen LogP contribution < -0.4 is 29.0 Å². The fourth-order valence-corrected chi connectivity index (χ4v) is 3.28. The lowest BCUT2D eigenvalue weighted by Gasteiger charge is -2.11. The first-order chi connectivity index (χ1) is 17.1. The van der Waals surface area contributed by atoms with Crippen molar-refractivity contribution in [3.63, 3.8) is 0 Å². The molecule has 0 saturated heterocycles. The monoisotopic (exact) mass is 479 g/mol. The van der Waals surface area contributed by atoms with Gasteiger partial charge in [0, 0.05) is 11.6 Å². The molecule has 0 saturated carbocycles. The van der Waals surface area contributed by atoms with Crippen molar-refractivity contribution in [3.05, 3.63) is 54.6 Å². The fourth-order valence-electron chi connectivity index (χ4n) is 3.28. The first-order valence-corrected chi connectivity index (χ1v) is 10.7. The number of nitrogens with zero attached hydrogens (tertiary/aromatic N) is 4. The number of hydrogen-bond acceptors (Lipinski definition) is 9. The van der Waals surface area contributed by atoms with Crippen LogP contribution in [-0.2, 0) is 4.79 Å². The zero-order valence-electron chi connectivity index (χ0n) is 19.6. The minimum atomic E-state index is -0.280. The van der Waals surface area contributed by atoms with Gasteiger partial charge in [-0.15, -0.1) is 15.3 Å². The number of benzene rings is 2. The van der Waals surface area contributed by atoms with E-state index in [-0.39, 0.29) is 25.7 Å². The quantitative estimate of drug-likeness (QED) is 0.324. The molecule has 0 spiro atoms. The molecule has 4 rings (SSSR count). The lowest BCUT2D eigenvalue weighted by atomic mass is 10.2. The van der Waals surface area contributed by atoms with Crippen molar-refractivity contribution < 1.29 is 28.5 Å². The number of amides is 1. The Balaban J connectivity index is 1.33. The highest BCUT2D eigenvalue weighted by Crippen LogP contribution is 2.31. The molecule has 11 heteroatoms. The number of carbonyl (C=O) groups excluding carboxylic acids is 1. The second-order valence-electron chi connectivity index (χ2n) is 7.17. The average Bonchev–Trinajstić information content (AvgIpc) is 3.33. The van der Waals surface area contributed by atoms with E-state index < -0.39 is 0 Å². The van der Waals surface area contributed by atoms with Crippen LogP contribution >= 0.6 is 0 Å². The summed E-state index contributed by atoms with van der Waals surface area (Å²) >= 11 is 0. The summed E-state index contributed by atoms with van der Waals surface area (Å²) in [5.41, 5.74) is 1.31. The van der Waals surface area contributed by atoms with E-state index in [9.17, 15) is 4.79 Å². The van der Waals surface area contributed by atoms with E-state index in [0.29, 0.717) is 40.3 Å². The Hall–Kier alpha value is -4.54. The van der Waals surface area contributed by atoms with Crippen molar-refractivity contribution >= 4 is 11.6 Å². The Morgan fingerprint density at radius 3 is 2.37 bits per heavy atom. The average molecular weight is 479 g/mol. The summed E-state index contributed by atoms with van der Waals surface area (Å²) < 4.78 is 28.6. The summed E-state index contributed by atoms with van der Waals surface area (Å²) in [7, 11) is 4.68. The topological polar surface area (TPSA) is 118 Å². The Kier molecular flexibility index (Phi) is 7.46. The molecular formula is C24H25N5O6. The van der Waals surface area contributed by atoms with Crippen LogP contribution in [0.15, 0.2) is 54.6 Å². The van der Waals surface area contributed by atoms with Gasteiger partial charge in [-0.25, -0.2) is 0 Å². The van der Waals surface area contributed by atoms with Gasteiger partial charge in [-0.1, -0.05) is 12.1 Å². The number of carbonyl (C=O) groups is 1. The molecule has 2 aromatic carbocycles. The Morgan fingerprint density at radius 1 is 0.857 bits per heavy atom. The third-order valence-corrected chi connectivity index (χ3v) is 4.98. The molecule has 0 aliphatic carbocycles. The third-order valence-electron chi connectivity index (χ3n) is 4.98. The molecule has 1 amide bonds. The van der Waals surface area contributed by atoms with Crippen LogP contribution in [0.25, 0.3) is 17.0 Å². The maximum Gasteiger partial charge on any atom is 0.258 e. The van der Waals surface area contributed by atoms with E-state index in [2.05, 4.69) is 20.6 Å². The number of methoxy groups -OCH3 is 3. The largest absolute Gasteiger partial charge is 0.493 e. The molecule has 0 aliphatic heterocycles. The normalized spacial score (nSPS) is 10.6. The van der Waals surface area contributed by atoms with Crippen molar-refractivity contribution in [2.45, 2.75) is 0 Å². The van der Waals surface area contributed by atoms with Gasteiger partial charge in [0.2, 0.25) is 5.88 Å². The highest BCUT2D eigenvalue weighted by atomic mass is 16.5. The second kappa shape index (κ2) is 11.1. The van der Waals surface area contributed by atoms with Gasteiger partial charge in [0.15, 0.2) is 41.1 Å². The number of fused-ring (bicyclic) bond motifs is 1. The van der Waals surface area contributed by atoms with Crippen molar-refractivity contribution in [1.29, 1.82) is 0 Å². The SMILES string of the molecule is COc1ccc(-c2nnc3ccc(OCCNC(=O)COc4ccccc4OC)nn23)cc1OC. The fraction of sp³-hybridized carbons (Fsp3) is 0.250. The molecule has 0 aliphatic rings. The number of para-hydroxylation sites is 2. The predicted octanol–water partition coefficient (Wildman–Crippen LogP) is 2.39. The molecule has 11 nitrogen and oxygen atoms in total. The summed E-state index contributed by atoms with van der Waals surface area (Å²) in [5.74, 6) is 2.84. The van der Waals surface area contributed by atoms with Gasteiger partial charge < -0.3 is 29.0 Å². The van der Waals surface area contributed by atoms with Gasteiger partial charge in [0.05, 0.1) is 27.9 Å². The number of ether oxygens (including phenoxy) is 5. The molecule has 182 valence electrons. The van der Waals surface area contributed by atoms with Crippen molar-refractivity contribution in [3.8, 4) is 40.3 Å². The summed E-state index contributed by atoms with van der Waals surface area (Å²) in [6, 6.07) is 16.0. The number of nitrogens with one attached hydrogen (secondary N) is 1. The third kappa shape index (κ3) is 5.52. The maximum absolute atomic E-state index is 12.1. The molecule has 35 heavy (non-hydrogen) atoms. The van der Waals surface area contributed by atoms with Gasteiger partial charge in [0.25, 0.3) is 5.91 Å². The molecule has 2 heterocycles. The summed E-state index contributed by atoms with van der Waals surface area (Å²) in [6.45, 7) is 0.352. The zero-order valence-corrected chi connectivity index (χ0v) is 19.6. The Bertz CT molecular complexity index is 1310. The minimum Gasteiger partial charge on any atom is -0.493 e. The van der Waals surface area contributed by atoms with Crippen molar-refractivity contribution in [2.75, 3.05) is 41.1 Å². The molecule has 0 unspecified atom stereocenters. The van der Waals surface area contributed by atoms with Gasteiger partial charge in [-0.2, -0.15) is 4.52 Å². The van der Waals surface area contributed by atoms with Gasteiger partial charge in [0.1, 0.15) is 6.61 Å². The van der Waals surface area contributed by atoms with Crippen LogP contribution in [0.2, 0.25) is 0 Å². The molecular weight excluding hydrogens is 454 g/mol. The van der Waals surface area contributed by atoms with Crippen LogP contribution in [0.4, 0.5) is 0 Å². The van der Waals surface area contributed by atoms with E-state index in [1.807, 2.05) is 12.1 Å². The van der Waals surface area contributed by atoms with E-state index in [0.717, 1.165) is 5.56 Å². The highest BCUT2D eigenvalue weighted by Gasteiger charge is 2.14. The molecule has 1 N–H and O–H groups in total. The lowest BCUT2D eigenvalue weighted by molar-refractivity contribution is -0.123. The predicted molar refractivity (Wildman–Crippen MR) is 126 cm³/mol. The molecule has 0 fully saturated rings. The van der Waals surface area contributed by atoms with E-state index >= 15 is 0 Å². The van der Waals surface area contributed by atoms with Crippen molar-refractivity contribution in [2.24, 2.45) is 0 Å². The number of aromatic nitrogens is 4. The van der Waals surface area contributed by atoms with Crippen LogP contribution in [-0.4, -0.2) is 66.8 Å². The first kappa shape index (κ1) is 23.6. The molecule has 0 bridgehead atoms.